The van der Waals surface area contributed by atoms with Crippen LogP contribution in [0, 0.1) is 6.92 Å². The van der Waals surface area contributed by atoms with Gasteiger partial charge >= 0.3 is 5.97 Å². The van der Waals surface area contributed by atoms with Crippen molar-refractivity contribution in [2.75, 3.05) is 13.2 Å². The molecule has 0 bridgehead atoms. The Morgan fingerprint density at radius 2 is 2.05 bits per heavy atom. The second-order valence-electron chi connectivity index (χ2n) is 4.84. The SMILES string of the molecule is CCOCCCCn1c(C)c(C(=O)O)c2ccccc21. The van der Waals surface area contributed by atoms with Gasteiger partial charge in [-0.2, -0.15) is 0 Å². The number of benzene rings is 1. The second kappa shape index (κ2) is 6.57. The van der Waals surface area contributed by atoms with Gasteiger partial charge in [0.25, 0.3) is 0 Å². The van der Waals surface area contributed by atoms with Crippen LogP contribution in [0.2, 0.25) is 0 Å². The van der Waals surface area contributed by atoms with Crippen molar-refractivity contribution in [1.29, 1.82) is 0 Å². The van der Waals surface area contributed by atoms with E-state index in [9.17, 15) is 9.90 Å². The number of carboxylic acid groups (broad SMARTS) is 1. The quantitative estimate of drug-likeness (QED) is 0.787. The number of rotatable bonds is 7. The summed E-state index contributed by atoms with van der Waals surface area (Å²) in [6, 6.07) is 7.69. The van der Waals surface area contributed by atoms with Crippen molar-refractivity contribution in [2.24, 2.45) is 0 Å². The van der Waals surface area contributed by atoms with Gasteiger partial charge in [0.05, 0.1) is 5.56 Å². The smallest absolute Gasteiger partial charge is 0.338 e. The molecule has 1 aromatic carbocycles. The van der Waals surface area contributed by atoms with E-state index in [1.807, 2.05) is 38.1 Å². The van der Waals surface area contributed by atoms with Gasteiger partial charge in [-0.25, -0.2) is 4.79 Å². The van der Waals surface area contributed by atoms with Gasteiger partial charge in [-0.05, 0) is 32.8 Å². The fourth-order valence-corrected chi connectivity index (χ4v) is 2.61. The number of carboxylic acids is 1. The largest absolute Gasteiger partial charge is 0.478 e. The number of aryl methyl sites for hydroxylation is 1. The summed E-state index contributed by atoms with van der Waals surface area (Å²) in [6.07, 6.45) is 1.97. The van der Waals surface area contributed by atoms with Gasteiger partial charge in [-0.1, -0.05) is 18.2 Å². The summed E-state index contributed by atoms with van der Waals surface area (Å²) >= 11 is 0. The average molecular weight is 275 g/mol. The maximum atomic E-state index is 11.4. The van der Waals surface area contributed by atoms with Gasteiger partial charge < -0.3 is 14.4 Å². The first-order valence-corrected chi connectivity index (χ1v) is 7.05. The predicted molar refractivity (Wildman–Crippen MR) is 79.4 cm³/mol. The maximum Gasteiger partial charge on any atom is 0.338 e. The van der Waals surface area contributed by atoms with Gasteiger partial charge in [-0.3, -0.25) is 0 Å². The molecule has 0 spiro atoms. The summed E-state index contributed by atoms with van der Waals surface area (Å²) in [5, 5.41) is 10.2. The first-order chi connectivity index (χ1) is 9.66. The monoisotopic (exact) mass is 275 g/mol. The zero-order valence-electron chi connectivity index (χ0n) is 12.1. The molecule has 0 aliphatic heterocycles. The number of hydrogen-bond donors (Lipinski definition) is 1. The molecule has 0 radical (unpaired) electrons. The van der Waals surface area contributed by atoms with Crippen molar-refractivity contribution >= 4 is 16.9 Å². The molecule has 108 valence electrons. The minimum atomic E-state index is -0.855. The molecule has 1 N–H and O–H groups in total. The van der Waals surface area contributed by atoms with Crippen molar-refractivity contribution in [3.8, 4) is 0 Å². The summed E-state index contributed by atoms with van der Waals surface area (Å²) in [4.78, 5) is 11.4. The molecule has 0 saturated carbocycles. The molecule has 1 aromatic heterocycles. The Hall–Kier alpha value is -1.81. The van der Waals surface area contributed by atoms with Crippen LogP contribution in [0.1, 0.15) is 35.8 Å². The average Bonchev–Trinajstić information content (AvgIpc) is 2.71. The molecule has 2 rings (SSSR count). The number of nitrogens with zero attached hydrogens (tertiary/aromatic N) is 1. The number of aromatic nitrogens is 1. The molecular weight excluding hydrogens is 254 g/mol. The summed E-state index contributed by atoms with van der Waals surface area (Å²) in [6.45, 7) is 6.20. The highest BCUT2D eigenvalue weighted by Crippen LogP contribution is 2.26. The molecule has 0 aliphatic rings. The van der Waals surface area contributed by atoms with Crippen molar-refractivity contribution in [2.45, 2.75) is 33.2 Å². The van der Waals surface area contributed by atoms with Crippen molar-refractivity contribution in [3.63, 3.8) is 0 Å². The maximum absolute atomic E-state index is 11.4. The van der Waals surface area contributed by atoms with Gasteiger partial charge in [0.1, 0.15) is 0 Å². The molecule has 0 fully saturated rings. The van der Waals surface area contributed by atoms with Crippen LogP contribution in [0.15, 0.2) is 24.3 Å². The molecule has 1 heterocycles. The van der Waals surface area contributed by atoms with Crippen molar-refractivity contribution in [3.05, 3.63) is 35.5 Å². The highest BCUT2D eigenvalue weighted by molar-refractivity contribution is 6.05. The predicted octanol–water partition coefficient (Wildman–Crippen LogP) is 3.46. The molecule has 2 aromatic rings. The normalized spacial score (nSPS) is 11.1. The van der Waals surface area contributed by atoms with Crippen LogP contribution in [-0.2, 0) is 11.3 Å². The standard InChI is InChI=1S/C16H21NO3/c1-3-20-11-7-6-10-17-12(2)15(16(18)19)13-8-4-5-9-14(13)17/h4-5,8-9H,3,6-7,10-11H2,1-2H3,(H,18,19). The number of aromatic carboxylic acids is 1. The molecule has 0 atom stereocenters. The zero-order chi connectivity index (χ0) is 14.5. The fraction of sp³-hybridized carbons (Fsp3) is 0.438. The van der Waals surface area contributed by atoms with Crippen LogP contribution in [0.25, 0.3) is 10.9 Å². The highest BCUT2D eigenvalue weighted by atomic mass is 16.5. The lowest BCUT2D eigenvalue weighted by atomic mass is 10.1. The number of ether oxygens (including phenoxy) is 1. The van der Waals surface area contributed by atoms with Gasteiger partial charge in [0.15, 0.2) is 0 Å². The van der Waals surface area contributed by atoms with Crippen LogP contribution < -0.4 is 0 Å². The van der Waals surface area contributed by atoms with Crippen LogP contribution in [0.5, 0.6) is 0 Å². The van der Waals surface area contributed by atoms with E-state index in [4.69, 9.17) is 4.74 Å². The Morgan fingerprint density at radius 3 is 2.75 bits per heavy atom. The van der Waals surface area contributed by atoms with Crippen LogP contribution in [0.4, 0.5) is 0 Å². The van der Waals surface area contributed by atoms with Crippen molar-refractivity contribution in [1.82, 2.24) is 4.57 Å². The minimum Gasteiger partial charge on any atom is -0.478 e. The number of unbranched alkanes of at least 4 members (excludes halogenated alkanes) is 1. The van der Waals surface area contributed by atoms with Crippen LogP contribution >= 0.6 is 0 Å². The fourth-order valence-electron chi connectivity index (χ4n) is 2.61. The van der Waals surface area contributed by atoms with E-state index < -0.39 is 5.97 Å². The van der Waals surface area contributed by atoms with Crippen molar-refractivity contribution < 1.29 is 14.6 Å². The minimum absolute atomic E-state index is 0.422. The third-order valence-corrected chi connectivity index (χ3v) is 3.57. The Bertz CT molecular complexity index is 601. The van der Waals surface area contributed by atoms with E-state index in [0.29, 0.717) is 5.56 Å². The third kappa shape index (κ3) is 2.85. The molecule has 4 nitrogen and oxygen atoms in total. The first-order valence-electron chi connectivity index (χ1n) is 7.05. The van der Waals surface area contributed by atoms with Crippen LogP contribution in [0.3, 0.4) is 0 Å². The van der Waals surface area contributed by atoms with E-state index in [1.54, 1.807) is 0 Å². The Balaban J connectivity index is 2.24. The lowest BCUT2D eigenvalue weighted by molar-refractivity contribution is 0.0698. The molecule has 4 heteroatoms. The summed E-state index contributed by atoms with van der Waals surface area (Å²) < 4.78 is 7.43. The number of hydrogen-bond acceptors (Lipinski definition) is 2. The summed E-state index contributed by atoms with van der Waals surface area (Å²) in [7, 11) is 0. The van der Waals surface area contributed by atoms with Gasteiger partial charge in [0.2, 0.25) is 0 Å². The molecule has 0 unspecified atom stereocenters. The second-order valence-corrected chi connectivity index (χ2v) is 4.84. The molecule has 0 saturated heterocycles. The number of para-hydroxylation sites is 1. The van der Waals surface area contributed by atoms with E-state index in [-0.39, 0.29) is 0 Å². The molecule has 0 aliphatic carbocycles. The lowest BCUT2D eigenvalue weighted by Crippen LogP contribution is -2.04. The molecule has 0 amide bonds. The number of carbonyl (C=O) groups is 1. The van der Waals surface area contributed by atoms with Gasteiger partial charge in [0, 0.05) is 36.4 Å². The lowest BCUT2D eigenvalue weighted by Gasteiger charge is -2.08. The zero-order valence-corrected chi connectivity index (χ0v) is 12.1. The Kier molecular flexibility index (Phi) is 4.79. The highest BCUT2D eigenvalue weighted by Gasteiger charge is 2.18. The number of fused-ring (bicyclic) bond motifs is 1. The Morgan fingerprint density at radius 1 is 1.30 bits per heavy atom. The first kappa shape index (κ1) is 14.6. The topological polar surface area (TPSA) is 51.5 Å². The summed E-state index contributed by atoms with van der Waals surface area (Å²) in [5.41, 5.74) is 2.25. The van der Waals surface area contributed by atoms with E-state index in [0.717, 1.165) is 49.2 Å². The summed E-state index contributed by atoms with van der Waals surface area (Å²) in [5.74, 6) is -0.855. The Labute approximate surface area is 119 Å². The van der Waals surface area contributed by atoms with E-state index >= 15 is 0 Å². The van der Waals surface area contributed by atoms with Gasteiger partial charge in [-0.15, -0.1) is 0 Å². The third-order valence-electron chi connectivity index (χ3n) is 3.57. The molecular formula is C16H21NO3. The molecule has 20 heavy (non-hydrogen) atoms. The van der Waals surface area contributed by atoms with E-state index in [1.165, 1.54) is 0 Å². The van der Waals surface area contributed by atoms with E-state index in [2.05, 4.69) is 4.57 Å². The van der Waals surface area contributed by atoms with Crippen LogP contribution in [-0.4, -0.2) is 28.9 Å².